The summed E-state index contributed by atoms with van der Waals surface area (Å²) in [7, 11) is 3.19. The van der Waals surface area contributed by atoms with Gasteiger partial charge in [-0.3, -0.25) is 9.59 Å². The second kappa shape index (κ2) is 9.46. The van der Waals surface area contributed by atoms with E-state index in [9.17, 15) is 9.59 Å². The van der Waals surface area contributed by atoms with E-state index in [-0.39, 0.29) is 24.8 Å². The number of amides is 2. The highest BCUT2D eigenvalue weighted by Gasteiger charge is 2.14. The smallest absolute Gasteiger partial charge is 0.243 e. The van der Waals surface area contributed by atoms with Crippen molar-refractivity contribution in [3.63, 3.8) is 0 Å². The molecule has 2 aromatic rings. The summed E-state index contributed by atoms with van der Waals surface area (Å²) >= 11 is 11.8. The highest BCUT2D eigenvalue weighted by Crippen LogP contribution is 2.25. The van der Waals surface area contributed by atoms with Gasteiger partial charge in [0.25, 0.3) is 0 Å². The molecule has 0 atom stereocenters. The molecule has 0 radical (unpaired) electrons. The topological polar surface area (TPSA) is 58.6 Å². The van der Waals surface area contributed by atoms with Crippen LogP contribution in [0.4, 0.5) is 5.69 Å². The first-order valence-corrected chi connectivity index (χ1v) is 8.77. The Balaban J connectivity index is 1.85. The van der Waals surface area contributed by atoms with Gasteiger partial charge in [0.2, 0.25) is 11.8 Å². The average Bonchev–Trinajstić information content (AvgIpc) is 2.62. The number of aryl methyl sites for hydroxylation is 1. The summed E-state index contributed by atoms with van der Waals surface area (Å²) in [5, 5.41) is 3.45. The molecule has 0 aliphatic carbocycles. The van der Waals surface area contributed by atoms with Crippen LogP contribution in [0.3, 0.4) is 0 Å². The maximum Gasteiger partial charge on any atom is 0.243 e. The van der Waals surface area contributed by atoms with E-state index in [4.69, 9.17) is 27.9 Å². The molecule has 0 bridgehead atoms. The number of methoxy groups -OCH3 is 1. The van der Waals surface area contributed by atoms with Gasteiger partial charge in [-0.05, 0) is 36.2 Å². The van der Waals surface area contributed by atoms with Crippen LogP contribution in [0.1, 0.15) is 12.0 Å². The standard InChI is InChI=1S/C19H20Cl2N2O3/c1-23(12-18(24)22-14-8-9-15(20)16(21)11-14)19(25)10-7-13-5-3-4-6-17(13)26-2/h3-6,8-9,11H,7,10,12H2,1-2H3,(H,22,24). The first-order valence-electron chi connectivity index (χ1n) is 8.01. The second-order valence-electron chi connectivity index (χ2n) is 5.74. The number of para-hydroxylation sites is 1. The zero-order chi connectivity index (χ0) is 19.1. The highest BCUT2D eigenvalue weighted by atomic mass is 35.5. The lowest BCUT2D eigenvalue weighted by Crippen LogP contribution is -2.35. The zero-order valence-electron chi connectivity index (χ0n) is 14.6. The summed E-state index contributed by atoms with van der Waals surface area (Å²) < 4.78 is 5.28. The van der Waals surface area contributed by atoms with E-state index < -0.39 is 0 Å². The Kier molecular flexibility index (Phi) is 7.30. The number of carbonyl (C=O) groups is 2. The fraction of sp³-hybridized carbons (Fsp3) is 0.263. The Labute approximate surface area is 162 Å². The number of anilines is 1. The second-order valence-corrected chi connectivity index (χ2v) is 6.55. The fourth-order valence-electron chi connectivity index (χ4n) is 2.42. The van der Waals surface area contributed by atoms with Crippen LogP contribution in [-0.2, 0) is 16.0 Å². The molecular formula is C19H20Cl2N2O3. The summed E-state index contributed by atoms with van der Waals surface area (Å²) in [5.41, 5.74) is 1.48. The van der Waals surface area contributed by atoms with E-state index in [2.05, 4.69) is 5.32 Å². The Morgan fingerprint density at radius 1 is 1.12 bits per heavy atom. The lowest BCUT2D eigenvalue weighted by atomic mass is 10.1. The zero-order valence-corrected chi connectivity index (χ0v) is 16.1. The molecule has 2 rings (SSSR count). The molecule has 26 heavy (non-hydrogen) atoms. The van der Waals surface area contributed by atoms with E-state index >= 15 is 0 Å². The molecule has 0 spiro atoms. The van der Waals surface area contributed by atoms with Gasteiger partial charge in [0.05, 0.1) is 23.7 Å². The molecule has 2 amide bonds. The molecule has 1 N–H and O–H groups in total. The number of hydrogen-bond donors (Lipinski definition) is 1. The van der Waals surface area contributed by atoms with Crippen LogP contribution in [0.5, 0.6) is 5.75 Å². The van der Waals surface area contributed by atoms with Crippen LogP contribution < -0.4 is 10.1 Å². The fourth-order valence-corrected chi connectivity index (χ4v) is 2.72. The summed E-state index contributed by atoms with van der Waals surface area (Å²) in [4.78, 5) is 25.8. The number of halogens is 2. The van der Waals surface area contributed by atoms with Crippen molar-refractivity contribution >= 4 is 40.7 Å². The van der Waals surface area contributed by atoms with Crippen LogP contribution in [0.15, 0.2) is 42.5 Å². The summed E-state index contributed by atoms with van der Waals surface area (Å²) in [6, 6.07) is 12.4. The van der Waals surface area contributed by atoms with Crippen LogP contribution in [0, 0.1) is 0 Å². The van der Waals surface area contributed by atoms with Crippen LogP contribution in [0.25, 0.3) is 0 Å². The third-order valence-electron chi connectivity index (χ3n) is 3.81. The minimum absolute atomic E-state index is 0.0506. The van der Waals surface area contributed by atoms with Gasteiger partial charge in [-0.2, -0.15) is 0 Å². The third kappa shape index (κ3) is 5.64. The minimum Gasteiger partial charge on any atom is -0.496 e. The van der Waals surface area contributed by atoms with Crippen molar-refractivity contribution < 1.29 is 14.3 Å². The van der Waals surface area contributed by atoms with Crippen molar-refractivity contribution in [2.75, 3.05) is 26.0 Å². The van der Waals surface area contributed by atoms with E-state index in [0.717, 1.165) is 11.3 Å². The van der Waals surface area contributed by atoms with Gasteiger partial charge < -0.3 is 15.0 Å². The predicted molar refractivity (Wildman–Crippen MR) is 104 cm³/mol. The van der Waals surface area contributed by atoms with Crippen molar-refractivity contribution in [2.24, 2.45) is 0 Å². The number of nitrogens with one attached hydrogen (secondary N) is 1. The van der Waals surface area contributed by atoms with Crippen LogP contribution in [-0.4, -0.2) is 37.4 Å². The molecule has 5 nitrogen and oxygen atoms in total. The maximum atomic E-state index is 12.3. The van der Waals surface area contributed by atoms with E-state index in [1.54, 1.807) is 32.4 Å². The van der Waals surface area contributed by atoms with Gasteiger partial charge in [-0.15, -0.1) is 0 Å². The lowest BCUT2D eigenvalue weighted by molar-refractivity contribution is -0.133. The van der Waals surface area contributed by atoms with Gasteiger partial charge in [-0.1, -0.05) is 41.4 Å². The molecule has 0 heterocycles. The molecular weight excluding hydrogens is 375 g/mol. The monoisotopic (exact) mass is 394 g/mol. The molecule has 0 aromatic heterocycles. The number of nitrogens with zero attached hydrogens (tertiary/aromatic N) is 1. The Bertz CT molecular complexity index is 796. The van der Waals surface area contributed by atoms with Gasteiger partial charge in [0, 0.05) is 19.2 Å². The van der Waals surface area contributed by atoms with Crippen molar-refractivity contribution in [2.45, 2.75) is 12.8 Å². The first-order chi connectivity index (χ1) is 12.4. The summed E-state index contributed by atoms with van der Waals surface area (Å²) in [6.45, 7) is -0.0506. The van der Waals surface area contributed by atoms with E-state index in [1.165, 1.54) is 4.90 Å². The van der Waals surface area contributed by atoms with Crippen molar-refractivity contribution in [1.82, 2.24) is 4.90 Å². The highest BCUT2D eigenvalue weighted by molar-refractivity contribution is 6.42. The molecule has 0 saturated heterocycles. The van der Waals surface area contributed by atoms with Crippen LogP contribution in [0.2, 0.25) is 10.0 Å². The molecule has 0 aliphatic rings. The minimum atomic E-state index is -0.309. The largest absolute Gasteiger partial charge is 0.496 e. The number of likely N-dealkylation sites (N-methyl/N-ethyl adjacent to an activating group) is 1. The van der Waals surface area contributed by atoms with Gasteiger partial charge in [0.15, 0.2) is 0 Å². The predicted octanol–water partition coefficient (Wildman–Crippen LogP) is 4.03. The van der Waals surface area contributed by atoms with Crippen molar-refractivity contribution in [1.29, 1.82) is 0 Å². The van der Waals surface area contributed by atoms with Gasteiger partial charge in [-0.25, -0.2) is 0 Å². The Morgan fingerprint density at radius 3 is 2.54 bits per heavy atom. The third-order valence-corrected chi connectivity index (χ3v) is 4.55. The molecule has 7 heteroatoms. The number of rotatable bonds is 7. The quantitative estimate of drug-likeness (QED) is 0.770. The normalized spacial score (nSPS) is 10.3. The van der Waals surface area contributed by atoms with E-state index in [1.807, 2.05) is 24.3 Å². The maximum absolute atomic E-state index is 12.3. The lowest BCUT2D eigenvalue weighted by Gasteiger charge is -2.17. The molecule has 0 aliphatic heterocycles. The van der Waals surface area contributed by atoms with E-state index in [0.29, 0.717) is 22.2 Å². The molecule has 0 unspecified atom stereocenters. The van der Waals surface area contributed by atoms with Crippen molar-refractivity contribution in [3.05, 3.63) is 58.1 Å². The Morgan fingerprint density at radius 2 is 1.85 bits per heavy atom. The number of carbonyl (C=O) groups excluding carboxylic acids is 2. The molecule has 0 saturated carbocycles. The van der Waals surface area contributed by atoms with Gasteiger partial charge >= 0.3 is 0 Å². The Hall–Kier alpha value is -2.24. The first kappa shape index (κ1) is 20.1. The average molecular weight is 395 g/mol. The van der Waals surface area contributed by atoms with Crippen molar-refractivity contribution in [3.8, 4) is 5.75 Å². The summed E-state index contributed by atoms with van der Waals surface area (Å²) in [5.74, 6) is 0.317. The van der Waals surface area contributed by atoms with Crippen LogP contribution >= 0.6 is 23.2 Å². The number of hydrogen-bond acceptors (Lipinski definition) is 3. The number of ether oxygens (including phenoxy) is 1. The van der Waals surface area contributed by atoms with Gasteiger partial charge in [0.1, 0.15) is 5.75 Å². The summed E-state index contributed by atoms with van der Waals surface area (Å²) in [6.07, 6.45) is 0.832. The SMILES string of the molecule is COc1ccccc1CCC(=O)N(C)CC(=O)Nc1ccc(Cl)c(Cl)c1. The number of benzene rings is 2. The molecule has 2 aromatic carbocycles. The molecule has 138 valence electrons. The molecule has 0 fully saturated rings.